The van der Waals surface area contributed by atoms with Crippen LogP contribution in [0.1, 0.15) is 19.4 Å². The molecule has 0 unspecified atom stereocenters. The molecule has 0 aromatic heterocycles. The van der Waals surface area contributed by atoms with Gasteiger partial charge in [0.15, 0.2) is 5.96 Å². The van der Waals surface area contributed by atoms with Gasteiger partial charge in [0, 0.05) is 5.56 Å². The molecule has 0 bridgehead atoms. The van der Waals surface area contributed by atoms with Crippen molar-refractivity contribution in [1.82, 2.24) is 0 Å². The number of hydrogen-bond acceptors (Lipinski definition) is 2. The van der Waals surface area contributed by atoms with E-state index in [1.807, 2.05) is 0 Å². The van der Waals surface area contributed by atoms with Gasteiger partial charge in [-0.15, -0.1) is 0 Å². The molecule has 0 atom stereocenters. The lowest BCUT2D eigenvalue weighted by atomic mass is 10.1. The topological polar surface area (TPSA) is 123 Å². The summed E-state index contributed by atoms with van der Waals surface area (Å²) in [6.45, 7) is 3.22. The van der Waals surface area contributed by atoms with E-state index in [1.165, 1.54) is 0 Å². The minimum absolute atomic E-state index is 0.0346. The molecule has 0 saturated carbocycles. The van der Waals surface area contributed by atoms with Crippen molar-refractivity contribution < 1.29 is 5.11 Å². The molecule has 100 valence electrons. The minimum Gasteiger partial charge on any atom is -0.378 e. The first-order chi connectivity index (χ1) is 8.76. The van der Waals surface area contributed by atoms with Crippen molar-refractivity contribution in [3.63, 3.8) is 0 Å². The first-order valence-corrected chi connectivity index (χ1v) is 5.56. The quantitative estimate of drug-likeness (QED) is 0.322. The van der Waals surface area contributed by atoms with Gasteiger partial charge in [-0.3, -0.25) is 0 Å². The highest BCUT2D eigenvalue weighted by Gasteiger charge is 2.05. The third-order valence-corrected chi connectivity index (χ3v) is 1.85. The molecule has 1 aromatic rings. The van der Waals surface area contributed by atoms with Crippen LogP contribution in [0.15, 0.2) is 34.3 Å². The monoisotopic (exact) mass is 259 g/mol. The number of aliphatic imine (C=N–C) groups is 2. The van der Waals surface area contributed by atoms with Gasteiger partial charge >= 0.3 is 0 Å². The number of aliphatic hydroxyl groups is 1. The molecule has 19 heavy (non-hydrogen) atoms. The number of nitrogens with two attached hydrogens (primary N) is 3. The van der Waals surface area contributed by atoms with Crippen molar-refractivity contribution in [2.45, 2.75) is 19.4 Å². The molecule has 1 aromatic carbocycles. The highest BCUT2D eigenvalue weighted by Crippen LogP contribution is 2.13. The lowest BCUT2D eigenvalue weighted by molar-refractivity contribution is 0.143. The van der Waals surface area contributed by atoms with E-state index in [1.54, 1.807) is 38.1 Å². The van der Waals surface area contributed by atoms with Crippen molar-refractivity contribution >= 4 is 17.6 Å². The van der Waals surface area contributed by atoms with Gasteiger partial charge in [-0.05, 0) is 32.0 Å². The number of guanidine groups is 2. The molecule has 6 nitrogen and oxygen atoms in total. The van der Waals surface area contributed by atoms with Crippen molar-refractivity contribution in [2.75, 3.05) is 0 Å². The Labute approximate surface area is 112 Å². The molecule has 0 fully saturated rings. The summed E-state index contributed by atoms with van der Waals surface area (Å²) in [6.07, 6.45) is 0. The Bertz CT molecular complexity index is 569. The smallest absolute Gasteiger partial charge is 0.223 e. The second kappa shape index (κ2) is 5.89. The fourth-order valence-electron chi connectivity index (χ4n) is 1.17. The first-order valence-electron chi connectivity index (χ1n) is 5.56. The number of benzene rings is 1. The van der Waals surface area contributed by atoms with Crippen LogP contribution < -0.4 is 17.2 Å². The fraction of sp³-hybridized carbons (Fsp3) is 0.231. The Morgan fingerprint density at radius 2 is 1.95 bits per heavy atom. The summed E-state index contributed by atoms with van der Waals surface area (Å²) in [4.78, 5) is 7.63. The molecular formula is C13H17N5O. The van der Waals surface area contributed by atoms with Crippen LogP contribution >= 0.6 is 0 Å². The third kappa shape index (κ3) is 6.10. The Kier molecular flexibility index (Phi) is 4.51. The summed E-state index contributed by atoms with van der Waals surface area (Å²) in [5.41, 5.74) is 16.1. The van der Waals surface area contributed by atoms with Gasteiger partial charge in [0.05, 0.1) is 5.69 Å². The van der Waals surface area contributed by atoms with Crippen LogP contribution in [0.4, 0.5) is 5.69 Å². The number of hydrogen-bond donors (Lipinski definition) is 4. The zero-order valence-corrected chi connectivity index (χ0v) is 10.9. The van der Waals surface area contributed by atoms with E-state index >= 15 is 0 Å². The Morgan fingerprint density at radius 3 is 2.53 bits per heavy atom. The molecule has 0 aliphatic carbocycles. The molecule has 0 amide bonds. The molecule has 0 saturated heterocycles. The summed E-state index contributed by atoms with van der Waals surface area (Å²) < 4.78 is 0. The van der Waals surface area contributed by atoms with Gasteiger partial charge in [-0.2, -0.15) is 4.99 Å². The maximum absolute atomic E-state index is 9.53. The standard InChI is InChI=1S/C13H17N5O/c1-13(2,19)7-6-9-4-3-5-10(8-9)17-12(16)18-11(14)15/h3-5,8,19H,1-2H3,(H6,14,15,16,17,18). The molecule has 0 aliphatic heterocycles. The molecule has 0 heterocycles. The molecular weight excluding hydrogens is 242 g/mol. The zero-order valence-electron chi connectivity index (χ0n) is 10.9. The minimum atomic E-state index is -1.05. The van der Waals surface area contributed by atoms with Crippen LogP contribution in [0, 0.1) is 11.8 Å². The maximum Gasteiger partial charge on any atom is 0.223 e. The van der Waals surface area contributed by atoms with Crippen LogP contribution in [0.25, 0.3) is 0 Å². The highest BCUT2D eigenvalue weighted by atomic mass is 16.3. The highest BCUT2D eigenvalue weighted by molar-refractivity contribution is 5.93. The largest absolute Gasteiger partial charge is 0.378 e. The van der Waals surface area contributed by atoms with Gasteiger partial charge in [0.1, 0.15) is 5.60 Å². The molecule has 0 aliphatic rings. The average molecular weight is 259 g/mol. The lowest BCUT2D eigenvalue weighted by Crippen LogP contribution is -2.26. The first kappa shape index (κ1) is 14.5. The second-order valence-corrected chi connectivity index (χ2v) is 4.37. The van der Waals surface area contributed by atoms with Gasteiger partial charge < -0.3 is 22.3 Å². The van der Waals surface area contributed by atoms with Gasteiger partial charge in [0.25, 0.3) is 0 Å². The third-order valence-electron chi connectivity index (χ3n) is 1.85. The van der Waals surface area contributed by atoms with E-state index in [2.05, 4.69) is 21.8 Å². The van der Waals surface area contributed by atoms with Crippen molar-refractivity contribution in [1.29, 1.82) is 0 Å². The maximum atomic E-state index is 9.53. The van der Waals surface area contributed by atoms with Gasteiger partial charge in [0.2, 0.25) is 5.96 Å². The van der Waals surface area contributed by atoms with Crippen molar-refractivity contribution in [2.24, 2.45) is 27.2 Å². The van der Waals surface area contributed by atoms with E-state index in [-0.39, 0.29) is 11.9 Å². The summed E-state index contributed by atoms with van der Waals surface area (Å²) in [6, 6.07) is 7.03. The van der Waals surface area contributed by atoms with Gasteiger partial charge in [-0.25, -0.2) is 4.99 Å². The van der Waals surface area contributed by atoms with E-state index in [0.717, 1.165) is 0 Å². The van der Waals surface area contributed by atoms with Crippen molar-refractivity contribution in [3.05, 3.63) is 29.8 Å². The van der Waals surface area contributed by atoms with Gasteiger partial charge in [-0.1, -0.05) is 17.9 Å². The Morgan fingerprint density at radius 1 is 1.26 bits per heavy atom. The fourth-order valence-corrected chi connectivity index (χ4v) is 1.17. The number of rotatable bonds is 1. The summed E-state index contributed by atoms with van der Waals surface area (Å²) >= 11 is 0. The van der Waals surface area contributed by atoms with E-state index in [9.17, 15) is 5.11 Å². The Hall–Kier alpha value is -2.52. The summed E-state index contributed by atoms with van der Waals surface area (Å²) in [5.74, 6) is 5.36. The zero-order chi connectivity index (χ0) is 14.5. The normalized spacial score (nSPS) is 11.4. The Balaban J connectivity index is 3.01. The average Bonchev–Trinajstić information content (AvgIpc) is 2.24. The summed E-state index contributed by atoms with van der Waals surface area (Å²) in [7, 11) is 0. The molecule has 0 spiro atoms. The summed E-state index contributed by atoms with van der Waals surface area (Å²) in [5, 5.41) is 9.53. The van der Waals surface area contributed by atoms with E-state index in [0.29, 0.717) is 11.3 Å². The van der Waals surface area contributed by atoms with Crippen molar-refractivity contribution in [3.8, 4) is 11.8 Å². The van der Waals surface area contributed by atoms with E-state index < -0.39 is 5.60 Å². The molecule has 1 rings (SSSR count). The van der Waals surface area contributed by atoms with Crippen LogP contribution in [-0.4, -0.2) is 22.6 Å². The van der Waals surface area contributed by atoms with Crippen LogP contribution in [0.5, 0.6) is 0 Å². The number of nitrogens with zero attached hydrogens (tertiary/aromatic N) is 2. The second-order valence-electron chi connectivity index (χ2n) is 4.37. The SMILES string of the molecule is CC(C)(O)C#Cc1cccc(N=C(N)N=C(N)N)c1. The molecule has 0 radical (unpaired) electrons. The lowest BCUT2D eigenvalue weighted by Gasteiger charge is -2.05. The van der Waals surface area contributed by atoms with Crippen LogP contribution in [0.2, 0.25) is 0 Å². The van der Waals surface area contributed by atoms with Crippen LogP contribution in [-0.2, 0) is 0 Å². The van der Waals surface area contributed by atoms with E-state index in [4.69, 9.17) is 17.2 Å². The predicted molar refractivity (Wildman–Crippen MR) is 76.7 cm³/mol. The van der Waals surface area contributed by atoms with Crippen LogP contribution in [0.3, 0.4) is 0 Å². The predicted octanol–water partition coefficient (Wildman–Crippen LogP) is 0.0286. The molecule has 6 heteroatoms. The molecule has 7 N–H and O–H groups in total.